The maximum absolute atomic E-state index is 9.10. The maximum atomic E-state index is 9.10. The molecule has 1 heterocycles. The Hall–Kier alpha value is -0.710. The Morgan fingerprint density at radius 3 is 2.53 bits per heavy atom. The molecule has 1 fully saturated rings. The first-order valence-corrected chi connectivity index (χ1v) is 8.14. The first-order chi connectivity index (χ1) is 9.31. The number of aliphatic hydroxyl groups excluding tert-OH is 1. The van der Waals surface area contributed by atoms with Gasteiger partial charge in [-0.1, -0.05) is 0 Å². The predicted molar refractivity (Wildman–Crippen MR) is 80.0 cm³/mol. The van der Waals surface area contributed by atoms with Gasteiger partial charge in [0.2, 0.25) is 0 Å². The third-order valence-corrected chi connectivity index (χ3v) is 4.44. The molecule has 0 atom stereocenters. The van der Waals surface area contributed by atoms with E-state index in [0.717, 1.165) is 44.8 Å². The molecular weight excluding hydrogens is 258 g/mol. The molecular formula is C15H23NO2S. The van der Waals surface area contributed by atoms with Crippen molar-refractivity contribution >= 4 is 11.8 Å². The summed E-state index contributed by atoms with van der Waals surface area (Å²) in [4.78, 5) is 3.68. The summed E-state index contributed by atoms with van der Waals surface area (Å²) >= 11 is 1.74. The first-order valence-electron chi connectivity index (χ1n) is 6.92. The number of hydrogen-bond donors (Lipinski definition) is 1. The minimum Gasteiger partial charge on any atom is -0.492 e. The number of thioether (sulfide) groups is 1. The lowest BCUT2D eigenvalue weighted by atomic mass is 9.98. The van der Waals surface area contributed by atoms with Gasteiger partial charge in [-0.3, -0.25) is 4.90 Å². The zero-order valence-corrected chi connectivity index (χ0v) is 12.4. The Balaban J connectivity index is 1.66. The molecule has 1 saturated heterocycles. The van der Waals surface area contributed by atoms with Gasteiger partial charge in [0.15, 0.2) is 0 Å². The van der Waals surface area contributed by atoms with Crippen molar-refractivity contribution < 1.29 is 9.84 Å². The Kier molecular flexibility index (Phi) is 6.01. The highest BCUT2D eigenvalue weighted by atomic mass is 32.2. The molecule has 3 nitrogen and oxygen atoms in total. The molecule has 0 bridgehead atoms. The van der Waals surface area contributed by atoms with Crippen LogP contribution in [0.3, 0.4) is 0 Å². The highest BCUT2D eigenvalue weighted by Gasteiger charge is 2.17. The van der Waals surface area contributed by atoms with Gasteiger partial charge in [-0.2, -0.15) is 0 Å². The van der Waals surface area contributed by atoms with Crippen molar-refractivity contribution in [1.82, 2.24) is 4.90 Å². The van der Waals surface area contributed by atoms with E-state index in [2.05, 4.69) is 23.3 Å². The number of piperidine rings is 1. The molecule has 0 amide bonds. The number of ether oxygens (including phenoxy) is 1. The first kappa shape index (κ1) is 14.7. The van der Waals surface area contributed by atoms with Crippen LogP contribution in [0.15, 0.2) is 29.2 Å². The second-order valence-corrected chi connectivity index (χ2v) is 5.87. The molecule has 106 valence electrons. The quantitative estimate of drug-likeness (QED) is 0.812. The van der Waals surface area contributed by atoms with Gasteiger partial charge >= 0.3 is 0 Å². The topological polar surface area (TPSA) is 32.7 Å². The second-order valence-electron chi connectivity index (χ2n) is 4.99. The van der Waals surface area contributed by atoms with Gasteiger partial charge in [0.05, 0.1) is 0 Å². The zero-order valence-electron chi connectivity index (χ0n) is 11.5. The van der Waals surface area contributed by atoms with Gasteiger partial charge in [-0.15, -0.1) is 11.8 Å². The Morgan fingerprint density at radius 2 is 1.95 bits per heavy atom. The fourth-order valence-electron chi connectivity index (χ4n) is 2.36. The van der Waals surface area contributed by atoms with Crippen LogP contribution in [0.2, 0.25) is 0 Å². The van der Waals surface area contributed by atoms with Crippen LogP contribution in [0.5, 0.6) is 5.75 Å². The number of likely N-dealkylation sites (tertiary alicyclic amines) is 1. The fourth-order valence-corrected chi connectivity index (χ4v) is 2.77. The summed E-state index contributed by atoms with van der Waals surface area (Å²) in [5.41, 5.74) is 0. The Labute approximate surface area is 120 Å². The third kappa shape index (κ3) is 4.71. The molecule has 1 aromatic rings. The van der Waals surface area contributed by atoms with Gasteiger partial charge in [-0.25, -0.2) is 0 Å². The maximum Gasteiger partial charge on any atom is 0.119 e. The zero-order chi connectivity index (χ0) is 13.5. The van der Waals surface area contributed by atoms with Gasteiger partial charge in [-0.05, 0) is 62.4 Å². The van der Waals surface area contributed by atoms with Crippen molar-refractivity contribution in [3.8, 4) is 5.75 Å². The molecule has 1 aliphatic heterocycles. The molecule has 1 N–H and O–H groups in total. The van der Waals surface area contributed by atoms with E-state index in [1.54, 1.807) is 11.8 Å². The highest BCUT2D eigenvalue weighted by molar-refractivity contribution is 7.98. The number of benzene rings is 1. The average Bonchev–Trinajstić information content (AvgIpc) is 2.49. The van der Waals surface area contributed by atoms with Crippen molar-refractivity contribution in [3.05, 3.63) is 24.3 Å². The minimum atomic E-state index is 0.339. The Bertz CT molecular complexity index is 361. The molecule has 2 rings (SSSR count). The molecule has 0 spiro atoms. The standard InChI is InChI=1S/C15H23NO2S/c1-19-15-4-2-14(3-5-15)18-11-10-16-8-6-13(12-17)7-9-16/h2-5,13,17H,6-12H2,1H3. The fraction of sp³-hybridized carbons (Fsp3) is 0.600. The van der Waals surface area contributed by atoms with E-state index in [4.69, 9.17) is 9.84 Å². The van der Waals surface area contributed by atoms with Crippen LogP contribution in [-0.4, -0.2) is 49.1 Å². The van der Waals surface area contributed by atoms with Crippen LogP contribution in [0.25, 0.3) is 0 Å². The summed E-state index contributed by atoms with van der Waals surface area (Å²) < 4.78 is 5.76. The molecule has 1 aliphatic rings. The number of aliphatic hydroxyl groups is 1. The summed E-state index contributed by atoms with van der Waals surface area (Å²) in [5.74, 6) is 1.46. The smallest absolute Gasteiger partial charge is 0.119 e. The third-order valence-electron chi connectivity index (χ3n) is 3.70. The summed E-state index contributed by atoms with van der Waals surface area (Å²) in [7, 11) is 0. The van der Waals surface area contributed by atoms with Crippen molar-refractivity contribution in [2.45, 2.75) is 17.7 Å². The summed E-state index contributed by atoms with van der Waals surface area (Å²) in [5, 5.41) is 9.10. The van der Waals surface area contributed by atoms with Crippen molar-refractivity contribution in [2.75, 3.05) is 39.1 Å². The van der Waals surface area contributed by atoms with E-state index in [0.29, 0.717) is 12.5 Å². The number of hydrogen-bond acceptors (Lipinski definition) is 4. The largest absolute Gasteiger partial charge is 0.492 e. The molecule has 19 heavy (non-hydrogen) atoms. The molecule has 4 heteroatoms. The lowest BCUT2D eigenvalue weighted by Gasteiger charge is -2.30. The number of rotatable bonds is 6. The van der Waals surface area contributed by atoms with Crippen molar-refractivity contribution in [2.24, 2.45) is 5.92 Å². The van der Waals surface area contributed by atoms with E-state index in [9.17, 15) is 0 Å². The van der Waals surface area contributed by atoms with Crippen LogP contribution in [0, 0.1) is 5.92 Å². The Morgan fingerprint density at radius 1 is 1.26 bits per heavy atom. The van der Waals surface area contributed by atoms with E-state index < -0.39 is 0 Å². The van der Waals surface area contributed by atoms with E-state index in [-0.39, 0.29) is 0 Å². The SMILES string of the molecule is CSc1ccc(OCCN2CCC(CO)CC2)cc1. The lowest BCUT2D eigenvalue weighted by Crippen LogP contribution is -2.37. The van der Waals surface area contributed by atoms with Gasteiger partial charge < -0.3 is 9.84 Å². The summed E-state index contributed by atoms with van der Waals surface area (Å²) in [6, 6.07) is 8.24. The monoisotopic (exact) mass is 281 g/mol. The van der Waals surface area contributed by atoms with E-state index in [1.165, 1.54) is 4.90 Å². The molecule has 0 unspecified atom stereocenters. The second kappa shape index (κ2) is 7.78. The van der Waals surface area contributed by atoms with Crippen LogP contribution in [-0.2, 0) is 0 Å². The molecule has 0 radical (unpaired) electrons. The summed E-state index contributed by atoms with van der Waals surface area (Å²) in [6.45, 7) is 4.22. The van der Waals surface area contributed by atoms with Gasteiger partial charge in [0.1, 0.15) is 12.4 Å². The van der Waals surface area contributed by atoms with Gasteiger partial charge in [0.25, 0.3) is 0 Å². The van der Waals surface area contributed by atoms with Crippen LogP contribution >= 0.6 is 11.8 Å². The van der Waals surface area contributed by atoms with E-state index in [1.807, 2.05) is 12.1 Å². The lowest BCUT2D eigenvalue weighted by molar-refractivity contribution is 0.119. The normalized spacial score (nSPS) is 17.6. The average molecular weight is 281 g/mol. The van der Waals surface area contributed by atoms with Gasteiger partial charge in [0, 0.05) is 18.0 Å². The van der Waals surface area contributed by atoms with E-state index >= 15 is 0 Å². The minimum absolute atomic E-state index is 0.339. The van der Waals surface area contributed by atoms with Crippen molar-refractivity contribution in [1.29, 1.82) is 0 Å². The van der Waals surface area contributed by atoms with Crippen LogP contribution < -0.4 is 4.74 Å². The summed E-state index contributed by atoms with van der Waals surface area (Å²) in [6.07, 6.45) is 4.30. The highest BCUT2D eigenvalue weighted by Crippen LogP contribution is 2.19. The molecule has 0 saturated carbocycles. The van der Waals surface area contributed by atoms with Crippen LogP contribution in [0.1, 0.15) is 12.8 Å². The van der Waals surface area contributed by atoms with Crippen molar-refractivity contribution in [3.63, 3.8) is 0 Å². The molecule has 1 aromatic carbocycles. The van der Waals surface area contributed by atoms with Crippen LogP contribution in [0.4, 0.5) is 0 Å². The predicted octanol–water partition coefficient (Wildman–Crippen LogP) is 2.49. The molecule has 0 aliphatic carbocycles. The number of nitrogens with zero attached hydrogens (tertiary/aromatic N) is 1. The molecule has 0 aromatic heterocycles.